The van der Waals surface area contributed by atoms with Gasteiger partial charge in [-0.25, -0.2) is 0 Å². The molecule has 0 aliphatic rings. The zero-order chi connectivity index (χ0) is 15.4. The Hall–Kier alpha value is -0.540. The summed E-state index contributed by atoms with van der Waals surface area (Å²) in [6.07, 6.45) is 0.982. The molecule has 2 rings (SSSR count). The molecule has 0 saturated heterocycles. The SMILES string of the molecule is CCC(N[C@H](C)c1cccc(Br)c1)c1ccc(Cl)c(Cl)c1. The molecule has 112 valence electrons. The van der Waals surface area contributed by atoms with Crippen molar-refractivity contribution in [1.82, 2.24) is 5.32 Å². The summed E-state index contributed by atoms with van der Waals surface area (Å²) < 4.78 is 1.09. The molecule has 0 fully saturated rings. The normalized spacial score (nSPS) is 14.0. The third-order valence-electron chi connectivity index (χ3n) is 3.55. The topological polar surface area (TPSA) is 12.0 Å². The molecule has 0 spiro atoms. The molecular weight excluding hydrogens is 369 g/mol. The number of halogens is 3. The molecule has 0 bridgehead atoms. The molecule has 0 saturated carbocycles. The van der Waals surface area contributed by atoms with Gasteiger partial charge in [0, 0.05) is 16.6 Å². The summed E-state index contributed by atoms with van der Waals surface area (Å²) >= 11 is 15.6. The molecular formula is C17H18BrCl2N. The molecule has 0 radical (unpaired) electrons. The fraction of sp³-hybridized carbons (Fsp3) is 0.294. The highest BCUT2D eigenvalue weighted by Gasteiger charge is 2.15. The van der Waals surface area contributed by atoms with Crippen molar-refractivity contribution in [2.45, 2.75) is 32.4 Å². The highest BCUT2D eigenvalue weighted by molar-refractivity contribution is 9.10. The van der Waals surface area contributed by atoms with Gasteiger partial charge < -0.3 is 5.32 Å². The first-order valence-corrected chi connectivity index (χ1v) is 8.52. The predicted molar refractivity (Wildman–Crippen MR) is 95.2 cm³/mol. The molecule has 0 aliphatic carbocycles. The van der Waals surface area contributed by atoms with Gasteiger partial charge >= 0.3 is 0 Å². The van der Waals surface area contributed by atoms with Crippen LogP contribution < -0.4 is 5.32 Å². The highest BCUT2D eigenvalue weighted by atomic mass is 79.9. The molecule has 21 heavy (non-hydrogen) atoms. The first kappa shape index (κ1) is 16.8. The summed E-state index contributed by atoms with van der Waals surface area (Å²) in [7, 11) is 0. The quantitative estimate of drug-likeness (QED) is 0.613. The van der Waals surface area contributed by atoms with Gasteiger partial charge in [0.2, 0.25) is 0 Å². The minimum atomic E-state index is 0.244. The van der Waals surface area contributed by atoms with Crippen LogP contribution in [0.1, 0.15) is 43.5 Å². The Morgan fingerprint density at radius 3 is 2.43 bits per heavy atom. The lowest BCUT2D eigenvalue weighted by Gasteiger charge is -2.23. The van der Waals surface area contributed by atoms with Crippen molar-refractivity contribution < 1.29 is 0 Å². The Morgan fingerprint density at radius 2 is 1.81 bits per heavy atom. The molecule has 2 atom stereocenters. The van der Waals surface area contributed by atoms with Crippen LogP contribution in [0.5, 0.6) is 0 Å². The summed E-state index contributed by atoms with van der Waals surface area (Å²) in [5, 5.41) is 4.84. The Kier molecular flexibility index (Phi) is 6.12. The smallest absolute Gasteiger partial charge is 0.0595 e. The molecule has 1 nitrogen and oxygen atoms in total. The van der Waals surface area contributed by atoms with Gasteiger partial charge in [-0.15, -0.1) is 0 Å². The average Bonchev–Trinajstić information content (AvgIpc) is 2.47. The highest BCUT2D eigenvalue weighted by Crippen LogP contribution is 2.29. The van der Waals surface area contributed by atoms with Gasteiger partial charge in [-0.3, -0.25) is 0 Å². The Bertz CT molecular complexity index is 615. The van der Waals surface area contributed by atoms with Crippen LogP contribution in [0.2, 0.25) is 10.0 Å². The van der Waals surface area contributed by atoms with Crippen LogP contribution in [0.25, 0.3) is 0 Å². The van der Waals surface area contributed by atoms with E-state index in [0.29, 0.717) is 10.0 Å². The van der Waals surface area contributed by atoms with Crippen molar-refractivity contribution in [3.8, 4) is 0 Å². The molecule has 0 aromatic heterocycles. The standard InChI is InChI=1S/C17H18BrCl2N/c1-3-17(13-7-8-15(19)16(20)10-13)21-11(2)12-5-4-6-14(18)9-12/h4-11,17,21H,3H2,1-2H3/t11-,17?/m1/s1. The van der Waals surface area contributed by atoms with Gasteiger partial charge in [0.1, 0.15) is 0 Å². The number of nitrogens with one attached hydrogen (secondary N) is 1. The molecule has 0 amide bonds. The maximum atomic E-state index is 6.12. The van der Waals surface area contributed by atoms with E-state index in [2.05, 4.69) is 53.3 Å². The first-order chi connectivity index (χ1) is 10.0. The van der Waals surface area contributed by atoms with E-state index < -0.39 is 0 Å². The third-order valence-corrected chi connectivity index (χ3v) is 4.79. The van der Waals surface area contributed by atoms with Crippen molar-refractivity contribution in [2.75, 3.05) is 0 Å². The Balaban J connectivity index is 2.16. The number of rotatable bonds is 5. The lowest BCUT2D eigenvalue weighted by atomic mass is 10.0. The van der Waals surface area contributed by atoms with Crippen molar-refractivity contribution in [2.24, 2.45) is 0 Å². The van der Waals surface area contributed by atoms with Crippen molar-refractivity contribution in [3.05, 3.63) is 68.1 Å². The van der Waals surface area contributed by atoms with Crippen LogP contribution in [0.4, 0.5) is 0 Å². The van der Waals surface area contributed by atoms with Gasteiger partial charge in [0.15, 0.2) is 0 Å². The second kappa shape index (κ2) is 7.64. The number of hydrogen-bond acceptors (Lipinski definition) is 1. The van der Waals surface area contributed by atoms with E-state index in [1.807, 2.05) is 24.3 Å². The van der Waals surface area contributed by atoms with E-state index in [-0.39, 0.29) is 12.1 Å². The second-order valence-corrected chi connectivity index (χ2v) is 6.81. The largest absolute Gasteiger partial charge is 0.303 e. The van der Waals surface area contributed by atoms with Gasteiger partial charge in [0.05, 0.1) is 10.0 Å². The van der Waals surface area contributed by atoms with Crippen LogP contribution in [0.15, 0.2) is 46.9 Å². The number of hydrogen-bond donors (Lipinski definition) is 1. The van der Waals surface area contributed by atoms with E-state index in [4.69, 9.17) is 23.2 Å². The van der Waals surface area contributed by atoms with Crippen LogP contribution in [-0.2, 0) is 0 Å². The van der Waals surface area contributed by atoms with Crippen LogP contribution in [0, 0.1) is 0 Å². The average molecular weight is 387 g/mol. The maximum absolute atomic E-state index is 6.12. The molecule has 0 heterocycles. The fourth-order valence-corrected chi connectivity index (χ4v) is 3.08. The Labute approximate surface area is 144 Å². The minimum Gasteiger partial charge on any atom is -0.303 e. The summed E-state index contributed by atoms with van der Waals surface area (Å²) in [6, 6.07) is 14.7. The monoisotopic (exact) mass is 385 g/mol. The first-order valence-electron chi connectivity index (χ1n) is 6.97. The lowest BCUT2D eigenvalue weighted by molar-refractivity contribution is 0.456. The molecule has 1 N–H and O–H groups in total. The summed E-state index contributed by atoms with van der Waals surface area (Å²) in [5.41, 5.74) is 2.41. The van der Waals surface area contributed by atoms with E-state index in [9.17, 15) is 0 Å². The molecule has 1 unspecified atom stereocenters. The molecule has 2 aromatic carbocycles. The zero-order valence-electron chi connectivity index (χ0n) is 12.0. The van der Waals surface area contributed by atoms with E-state index in [1.165, 1.54) is 5.56 Å². The van der Waals surface area contributed by atoms with Crippen molar-refractivity contribution in [3.63, 3.8) is 0 Å². The number of benzene rings is 2. The molecule has 0 aliphatic heterocycles. The summed E-state index contributed by atoms with van der Waals surface area (Å²) in [4.78, 5) is 0. The maximum Gasteiger partial charge on any atom is 0.0595 e. The molecule has 4 heteroatoms. The van der Waals surface area contributed by atoms with E-state index >= 15 is 0 Å². The van der Waals surface area contributed by atoms with Crippen LogP contribution >= 0.6 is 39.1 Å². The second-order valence-electron chi connectivity index (χ2n) is 5.08. The lowest BCUT2D eigenvalue weighted by Crippen LogP contribution is -2.24. The van der Waals surface area contributed by atoms with Crippen molar-refractivity contribution in [1.29, 1.82) is 0 Å². The molecule has 2 aromatic rings. The summed E-state index contributed by atoms with van der Waals surface area (Å²) in [5.74, 6) is 0. The Morgan fingerprint density at radius 1 is 1.05 bits per heavy atom. The van der Waals surface area contributed by atoms with Crippen LogP contribution in [-0.4, -0.2) is 0 Å². The minimum absolute atomic E-state index is 0.244. The van der Waals surface area contributed by atoms with E-state index in [0.717, 1.165) is 16.5 Å². The zero-order valence-corrected chi connectivity index (χ0v) is 15.1. The van der Waals surface area contributed by atoms with Gasteiger partial charge in [-0.05, 0) is 48.7 Å². The van der Waals surface area contributed by atoms with Crippen LogP contribution in [0.3, 0.4) is 0 Å². The third kappa shape index (κ3) is 4.46. The fourth-order valence-electron chi connectivity index (χ4n) is 2.35. The van der Waals surface area contributed by atoms with Gasteiger partial charge in [-0.1, -0.05) is 64.3 Å². The van der Waals surface area contributed by atoms with Crippen molar-refractivity contribution >= 4 is 39.1 Å². The predicted octanol–water partition coefficient (Wildman–Crippen LogP) is 6.56. The van der Waals surface area contributed by atoms with Gasteiger partial charge in [0.25, 0.3) is 0 Å². The van der Waals surface area contributed by atoms with E-state index in [1.54, 1.807) is 0 Å². The van der Waals surface area contributed by atoms with Gasteiger partial charge in [-0.2, -0.15) is 0 Å². The summed E-state index contributed by atoms with van der Waals surface area (Å²) in [6.45, 7) is 4.33.